The molecule has 1 amide bonds. The number of carbonyl (C=O) groups is 1. The topological polar surface area (TPSA) is 45.7 Å². The van der Waals surface area contributed by atoms with Crippen LogP contribution in [-0.4, -0.2) is 42.0 Å². The molecular formula is C25H29Cl2N3O2. The number of halogens is 2. The fourth-order valence-corrected chi connectivity index (χ4v) is 4.02. The molecule has 1 aromatic heterocycles. The van der Waals surface area contributed by atoms with Gasteiger partial charge in [-0.25, -0.2) is 4.98 Å². The molecule has 0 spiro atoms. The Labute approximate surface area is 199 Å². The molecule has 7 heteroatoms. The van der Waals surface area contributed by atoms with Gasteiger partial charge in [-0.2, -0.15) is 0 Å². The minimum atomic E-state index is -0.538. The van der Waals surface area contributed by atoms with Gasteiger partial charge in [-0.15, -0.1) is 0 Å². The van der Waals surface area contributed by atoms with Gasteiger partial charge in [0.15, 0.2) is 6.10 Å². The number of hydrogen-bond acceptors (Lipinski definition) is 4. The van der Waals surface area contributed by atoms with Crippen LogP contribution >= 0.6 is 23.2 Å². The third-order valence-corrected chi connectivity index (χ3v) is 5.79. The quantitative estimate of drug-likeness (QED) is 0.323. The molecule has 0 saturated carbocycles. The summed E-state index contributed by atoms with van der Waals surface area (Å²) in [6, 6.07) is 15.1. The van der Waals surface area contributed by atoms with Gasteiger partial charge in [0.1, 0.15) is 16.7 Å². The summed E-state index contributed by atoms with van der Waals surface area (Å²) in [6.45, 7) is 7.44. The van der Waals surface area contributed by atoms with E-state index in [1.54, 1.807) is 6.92 Å². The normalized spacial score (nSPS) is 11.9. The average molecular weight is 474 g/mol. The Balaban J connectivity index is 1.73. The number of nitrogens with zero attached hydrogens (tertiary/aromatic N) is 3. The lowest BCUT2D eigenvalue weighted by molar-refractivity contribution is -0.138. The van der Waals surface area contributed by atoms with Gasteiger partial charge in [0.05, 0.1) is 0 Å². The van der Waals surface area contributed by atoms with E-state index >= 15 is 0 Å². The van der Waals surface area contributed by atoms with Crippen LogP contribution in [0.3, 0.4) is 0 Å². The lowest BCUT2D eigenvalue weighted by Crippen LogP contribution is -2.41. The maximum atomic E-state index is 12.7. The van der Waals surface area contributed by atoms with E-state index in [0.717, 1.165) is 48.2 Å². The molecule has 5 nitrogen and oxygen atoms in total. The molecular weight excluding hydrogens is 445 g/mol. The molecule has 0 aliphatic carbocycles. The van der Waals surface area contributed by atoms with Crippen LogP contribution in [-0.2, 0) is 4.79 Å². The van der Waals surface area contributed by atoms with Crippen molar-refractivity contribution >= 4 is 51.4 Å². The molecule has 0 aliphatic rings. The highest BCUT2D eigenvalue weighted by molar-refractivity contribution is 6.36. The van der Waals surface area contributed by atoms with Gasteiger partial charge in [-0.3, -0.25) is 4.79 Å². The Bertz CT molecular complexity index is 1070. The molecule has 3 rings (SSSR count). The summed E-state index contributed by atoms with van der Waals surface area (Å²) >= 11 is 12.5. The Morgan fingerprint density at radius 1 is 1.03 bits per heavy atom. The molecule has 32 heavy (non-hydrogen) atoms. The zero-order valence-electron chi connectivity index (χ0n) is 18.9. The number of ether oxygens (including phenoxy) is 1. The maximum absolute atomic E-state index is 12.7. The minimum Gasteiger partial charge on any atom is -0.481 e. The number of benzene rings is 2. The van der Waals surface area contributed by atoms with Crippen LogP contribution < -0.4 is 9.64 Å². The van der Waals surface area contributed by atoms with Crippen LogP contribution in [0.2, 0.25) is 10.2 Å². The van der Waals surface area contributed by atoms with E-state index < -0.39 is 6.10 Å². The monoisotopic (exact) mass is 473 g/mol. The van der Waals surface area contributed by atoms with Gasteiger partial charge >= 0.3 is 0 Å². The number of anilines is 2. The molecule has 1 unspecified atom stereocenters. The number of hydrogen-bond donors (Lipinski definition) is 0. The van der Waals surface area contributed by atoms with Gasteiger partial charge in [0, 0.05) is 36.2 Å². The summed E-state index contributed by atoms with van der Waals surface area (Å²) in [5.41, 5.74) is 0.923. The maximum Gasteiger partial charge on any atom is 0.263 e. The molecule has 0 aliphatic heterocycles. The van der Waals surface area contributed by atoms with Crippen LogP contribution in [0.5, 0.6) is 5.75 Å². The highest BCUT2D eigenvalue weighted by Crippen LogP contribution is 2.31. The second kappa shape index (κ2) is 10.9. The van der Waals surface area contributed by atoms with E-state index in [1.807, 2.05) is 65.4 Å². The van der Waals surface area contributed by atoms with Crippen molar-refractivity contribution in [2.75, 3.05) is 25.0 Å². The highest BCUT2D eigenvalue weighted by atomic mass is 35.5. The lowest BCUT2D eigenvalue weighted by Gasteiger charge is -2.25. The van der Waals surface area contributed by atoms with Gasteiger partial charge in [0.25, 0.3) is 5.91 Å². The molecule has 0 bridgehead atoms. The van der Waals surface area contributed by atoms with Crippen LogP contribution in [0, 0.1) is 0 Å². The van der Waals surface area contributed by atoms with Crippen molar-refractivity contribution in [3.05, 3.63) is 58.7 Å². The first-order chi connectivity index (χ1) is 15.3. The predicted molar refractivity (Wildman–Crippen MR) is 134 cm³/mol. The van der Waals surface area contributed by atoms with Crippen LogP contribution in [0.1, 0.15) is 33.6 Å². The van der Waals surface area contributed by atoms with E-state index in [0.29, 0.717) is 15.9 Å². The smallest absolute Gasteiger partial charge is 0.263 e. The summed E-state index contributed by atoms with van der Waals surface area (Å²) in [5.74, 6) is 1.39. The van der Waals surface area contributed by atoms with Gasteiger partial charge in [-0.1, -0.05) is 43.1 Å². The Kier molecular flexibility index (Phi) is 8.21. The average Bonchev–Trinajstić information content (AvgIpc) is 2.78. The molecule has 0 fully saturated rings. The van der Waals surface area contributed by atoms with Crippen molar-refractivity contribution < 1.29 is 9.53 Å². The van der Waals surface area contributed by atoms with Crippen molar-refractivity contribution in [2.24, 2.45) is 0 Å². The van der Waals surface area contributed by atoms with Gasteiger partial charge < -0.3 is 14.5 Å². The fourth-order valence-electron chi connectivity index (χ4n) is 3.60. The molecule has 1 atom stereocenters. The third-order valence-electron chi connectivity index (χ3n) is 5.26. The first-order valence-corrected chi connectivity index (χ1v) is 11.6. The number of pyridine rings is 1. The molecule has 1 heterocycles. The summed E-state index contributed by atoms with van der Waals surface area (Å²) < 4.78 is 5.92. The summed E-state index contributed by atoms with van der Waals surface area (Å²) in [7, 11) is 1.93. The molecule has 3 aromatic rings. The zero-order valence-corrected chi connectivity index (χ0v) is 20.5. The first kappa shape index (κ1) is 24.1. The number of amides is 1. The van der Waals surface area contributed by atoms with Gasteiger partial charge in [-0.05, 0) is 67.6 Å². The van der Waals surface area contributed by atoms with Crippen LogP contribution in [0.15, 0.2) is 48.5 Å². The Morgan fingerprint density at radius 3 is 2.31 bits per heavy atom. The predicted octanol–water partition coefficient (Wildman–Crippen LogP) is 6.73. The van der Waals surface area contributed by atoms with Crippen molar-refractivity contribution in [3.8, 4) is 5.75 Å². The van der Waals surface area contributed by atoms with Gasteiger partial charge in [0.2, 0.25) is 0 Å². The second-order valence-electron chi connectivity index (χ2n) is 7.78. The summed E-state index contributed by atoms with van der Waals surface area (Å²) in [5, 5.41) is 2.81. The van der Waals surface area contributed by atoms with E-state index in [4.69, 9.17) is 27.9 Å². The third kappa shape index (κ3) is 5.64. The SMILES string of the molecule is CCCN(CCC)C(=O)C(C)Oc1ccc(N(C)c2cc3ccc(Cl)cc3c(Cl)n2)cc1. The van der Waals surface area contributed by atoms with E-state index in [2.05, 4.69) is 18.8 Å². The summed E-state index contributed by atoms with van der Waals surface area (Å²) in [6.07, 6.45) is 1.32. The van der Waals surface area contributed by atoms with Crippen molar-refractivity contribution in [1.82, 2.24) is 9.88 Å². The van der Waals surface area contributed by atoms with Crippen molar-refractivity contribution in [2.45, 2.75) is 39.7 Å². The molecule has 0 radical (unpaired) electrons. The number of aromatic nitrogens is 1. The highest BCUT2D eigenvalue weighted by Gasteiger charge is 2.21. The number of rotatable bonds is 9. The van der Waals surface area contributed by atoms with E-state index in [9.17, 15) is 4.79 Å². The summed E-state index contributed by atoms with van der Waals surface area (Å²) in [4.78, 5) is 21.0. The minimum absolute atomic E-state index is 0.0185. The van der Waals surface area contributed by atoms with Crippen molar-refractivity contribution in [1.29, 1.82) is 0 Å². The fraction of sp³-hybridized carbons (Fsp3) is 0.360. The lowest BCUT2D eigenvalue weighted by atomic mass is 10.1. The Morgan fingerprint density at radius 2 is 1.69 bits per heavy atom. The van der Waals surface area contributed by atoms with Crippen LogP contribution in [0.25, 0.3) is 10.8 Å². The standard InChI is InChI=1S/C25H29Cl2N3O2/c1-5-13-30(14-6-2)25(31)17(3)32-21-11-9-20(10-12-21)29(4)23-15-18-7-8-19(26)16-22(18)24(27)28-23/h7-12,15-17H,5-6,13-14H2,1-4H3. The van der Waals surface area contributed by atoms with E-state index in [1.165, 1.54) is 0 Å². The number of carbonyl (C=O) groups excluding carboxylic acids is 1. The first-order valence-electron chi connectivity index (χ1n) is 10.9. The Hall–Kier alpha value is -2.50. The largest absolute Gasteiger partial charge is 0.481 e. The molecule has 2 aromatic carbocycles. The zero-order chi connectivity index (χ0) is 23.3. The van der Waals surface area contributed by atoms with Crippen LogP contribution in [0.4, 0.5) is 11.5 Å². The molecule has 170 valence electrons. The molecule has 0 saturated heterocycles. The van der Waals surface area contributed by atoms with Crippen molar-refractivity contribution in [3.63, 3.8) is 0 Å². The second-order valence-corrected chi connectivity index (χ2v) is 8.57. The number of fused-ring (bicyclic) bond motifs is 1. The van der Waals surface area contributed by atoms with E-state index in [-0.39, 0.29) is 5.91 Å². The molecule has 0 N–H and O–H groups in total.